The lowest BCUT2D eigenvalue weighted by Crippen LogP contribution is -2.73. The summed E-state index contributed by atoms with van der Waals surface area (Å²) >= 11 is 0. The number of nitrogens with zero attached hydrogens (tertiary/aromatic N) is 5. The molecule has 180 valence electrons. The number of hydrogen-bond donors (Lipinski definition) is 4. The standard InChI is InChI=1S/C20H30N8O5/c1-10-3-2-6-26(7-10)19(32)33-12-9-28-18(22)23-11(8-27-13(29)4-5-14(27)30)15-20(28,16(12)31)25-17(21)24-15/h10-12,15-16,31H,2-9H2,1H3,(H2,22,23)(H3,21,24,25)/t10?,11-,12-,15?,16+,20?/m0/s1. The molecule has 13 nitrogen and oxygen atoms in total. The molecule has 3 saturated heterocycles. The van der Waals surface area contributed by atoms with E-state index in [1.807, 2.05) is 0 Å². The minimum absolute atomic E-state index is 0.0140. The fraction of sp³-hybridized carbons (Fsp3) is 0.750. The van der Waals surface area contributed by atoms with Gasteiger partial charge < -0.3 is 36.4 Å². The predicted octanol–water partition coefficient (Wildman–Crippen LogP) is -2.27. The highest BCUT2D eigenvalue weighted by molar-refractivity contribution is 6.02. The van der Waals surface area contributed by atoms with Gasteiger partial charge in [0, 0.05) is 25.9 Å². The Morgan fingerprint density at radius 2 is 1.97 bits per heavy atom. The van der Waals surface area contributed by atoms with Gasteiger partial charge in [0.1, 0.15) is 12.1 Å². The molecule has 3 unspecified atom stereocenters. The lowest BCUT2D eigenvalue weighted by atomic mass is 9.88. The molecule has 5 rings (SSSR count). The maximum atomic E-state index is 12.8. The third kappa shape index (κ3) is 3.36. The van der Waals surface area contributed by atoms with Gasteiger partial charge in [0.05, 0.1) is 19.1 Å². The molecular formula is C20H30N8O5. The second-order valence-electron chi connectivity index (χ2n) is 9.53. The number of imide groups is 1. The monoisotopic (exact) mass is 462 g/mol. The highest BCUT2D eigenvalue weighted by Gasteiger charge is 2.66. The van der Waals surface area contributed by atoms with Crippen LogP contribution in [0.1, 0.15) is 32.6 Å². The van der Waals surface area contributed by atoms with E-state index in [0.717, 1.165) is 17.7 Å². The van der Waals surface area contributed by atoms with Gasteiger partial charge >= 0.3 is 6.09 Å². The first-order valence-corrected chi connectivity index (χ1v) is 11.4. The Labute approximate surface area is 190 Å². The lowest BCUT2D eigenvalue weighted by molar-refractivity contribution is -0.139. The molecule has 0 radical (unpaired) electrons. The number of carbonyl (C=O) groups excluding carboxylic acids is 3. The van der Waals surface area contributed by atoms with Crippen LogP contribution in [0.15, 0.2) is 9.98 Å². The number of likely N-dealkylation sites (tertiary alicyclic amines) is 2. The van der Waals surface area contributed by atoms with Crippen molar-refractivity contribution in [3.63, 3.8) is 0 Å². The molecule has 5 aliphatic rings. The number of aliphatic imine (C=N–C) groups is 2. The van der Waals surface area contributed by atoms with Crippen LogP contribution in [0.2, 0.25) is 0 Å². The Balaban J connectivity index is 1.38. The van der Waals surface area contributed by atoms with Gasteiger partial charge in [0.15, 0.2) is 23.7 Å². The second-order valence-corrected chi connectivity index (χ2v) is 9.53. The van der Waals surface area contributed by atoms with E-state index in [4.69, 9.17) is 16.2 Å². The van der Waals surface area contributed by atoms with Crippen molar-refractivity contribution in [2.24, 2.45) is 27.4 Å². The fourth-order valence-electron chi connectivity index (χ4n) is 5.70. The van der Waals surface area contributed by atoms with Gasteiger partial charge in [0.2, 0.25) is 11.8 Å². The summed E-state index contributed by atoms with van der Waals surface area (Å²) in [6, 6.07) is -1.44. The van der Waals surface area contributed by atoms with Gasteiger partial charge in [0.25, 0.3) is 0 Å². The molecule has 0 aromatic heterocycles. The van der Waals surface area contributed by atoms with Crippen molar-refractivity contribution in [1.29, 1.82) is 0 Å². The van der Waals surface area contributed by atoms with Crippen LogP contribution in [0.5, 0.6) is 0 Å². The van der Waals surface area contributed by atoms with Gasteiger partial charge in [-0.05, 0) is 18.8 Å². The first-order valence-electron chi connectivity index (χ1n) is 11.4. The van der Waals surface area contributed by atoms with E-state index >= 15 is 0 Å². The van der Waals surface area contributed by atoms with Crippen LogP contribution in [-0.4, -0.2) is 106 Å². The summed E-state index contributed by atoms with van der Waals surface area (Å²) in [5, 5.41) is 14.4. The largest absolute Gasteiger partial charge is 0.441 e. The molecule has 0 aromatic carbocycles. The molecule has 0 aliphatic carbocycles. The Morgan fingerprint density at radius 3 is 2.67 bits per heavy atom. The second kappa shape index (κ2) is 7.75. The van der Waals surface area contributed by atoms with Crippen LogP contribution in [0.4, 0.5) is 4.79 Å². The molecule has 33 heavy (non-hydrogen) atoms. The van der Waals surface area contributed by atoms with Crippen molar-refractivity contribution < 1.29 is 24.2 Å². The van der Waals surface area contributed by atoms with E-state index in [1.54, 1.807) is 9.80 Å². The predicted molar refractivity (Wildman–Crippen MR) is 116 cm³/mol. The third-order valence-corrected chi connectivity index (χ3v) is 7.30. The summed E-state index contributed by atoms with van der Waals surface area (Å²) in [6.45, 7) is 3.40. The van der Waals surface area contributed by atoms with Gasteiger partial charge in [-0.1, -0.05) is 6.92 Å². The van der Waals surface area contributed by atoms with E-state index in [0.29, 0.717) is 19.0 Å². The van der Waals surface area contributed by atoms with Crippen molar-refractivity contribution in [3.8, 4) is 0 Å². The summed E-state index contributed by atoms with van der Waals surface area (Å²) in [5.41, 5.74) is 11.0. The van der Waals surface area contributed by atoms with Gasteiger partial charge in [-0.25, -0.2) is 14.8 Å². The van der Waals surface area contributed by atoms with E-state index in [9.17, 15) is 19.5 Å². The Bertz CT molecular complexity index is 923. The number of aliphatic hydroxyl groups is 1. The molecule has 6 N–H and O–H groups in total. The summed E-state index contributed by atoms with van der Waals surface area (Å²) in [7, 11) is 0. The minimum atomic E-state index is -1.29. The van der Waals surface area contributed by atoms with Gasteiger partial charge in [-0.2, -0.15) is 0 Å². The lowest BCUT2D eigenvalue weighted by Gasteiger charge is -2.46. The van der Waals surface area contributed by atoms with Crippen LogP contribution >= 0.6 is 0 Å². The molecule has 5 aliphatic heterocycles. The first-order chi connectivity index (χ1) is 15.7. The maximum Gasteiger partial charge on any atom is 0.410 e. The minimum Gasteiger partial charge on any atom is -0.441 e. The van der Waals surface area contributed by atoms with Crippen molar-refractivity contribution in [2.45, 2.75) is 62.6 Å². The SMILES string of the molecule is CC1CCCN(C(=O)O[C@H]2CN3C(N)=N[C@@H](CN4C(=O)CCC4=O)C4N=C(N)NC43[C@@H]2O)C1. The van der Waals surface area contributed by atoms with Gasteiger partial charge in [-0.3, -0.25) is 14.5 Å². The Kier molecular flexibility index (Phi) is 5.10. The van der Waals surface area contributed by atoms with E-state index < -0.39 is 36.0 Å². The quantitative estimate of drug-likeness (QED) is 0.336. The normalized spacial score (nSPS) is 38.0. The summed E-state index contributed by atoms with van der Waals surface area (Å²) in [4.78, 5) is 50.5. The number of carbonyl (C=O) groups is 3. The number of rotatable bonds is 3. The molecule has 5 heterocycles. The number of nitrogens with one attached hydrogen (secondary N) is 1. The van der Waals surface area contributed by atoms with E-state index in [-0.39, 0.29) is 49.7 Å². The summed E-state index contributed by atoms with van der Waals surface area (Å²) < 4.78 is 5.73. The maximum absolute atomic E-state index is 12.8. The zero-order valence-electron chi connectivity index (χ0n) is 18.5. The number of nitrogens with two attached hydrogens (primary N) is 2. The number of hydrogen-bond acceptors (Lipinski definition) is 11. The number of ether oxygens (including phenoxy) is 1. The van der Waals surface area contributed by atoms with E-state index in [1.165, 1.54) is 0 Å². The molecular weight excluding hydrogens is 432 g/mol. The number of piperidine rings is 1. The van der Waals surface area contributed by atoms with Crippen LogP contribution in [-0.2, 0) is 14.3 Å². The smallest absolute Gasteiger partial charge is 0.410 e. The average Bonchev–Trinajstić information content (AvgIpc) is 3.38. The van der Waals surface area contributed by atoms with Crippen LogP contribution in [0, 0.1) is 5.92 Å². The first kappa shape index (κ1) is 21.7. The third-order valence-electron chi connectivity index (χ3n) is 7.30. The van der Waals surface area contributed by atoms with Crippen molar-refractivity contribution in [2.75, 3.05) is 26.2 Å². The molecule has 1 spiro atoms. The molecule has 3 fully saturated rings. The highest BCUT2D eigenvalue weighted by atomic mass is 16.6. The molecule has 0 saturated carbocycles. The Hall–Kier alpha value is -3.09. The molecule has 3 amide bonds. The van der Waals surface area contributed by atoms with Crippen molar-refractivity contribution in [3.05, 3.63) is 0 Å². The average molecular weight is 463 g/mol. The zero-order chi connectivity index (χ0) is 23.5. The van der Waals surface area contributed by atoms with Crippen LogP contribution < -0.4 is 16.8 Å². The van der Waals surface area contributed by atoms with Crippen molar-refractivity contribution >= 4 is 29.8 Å². The molecule has 0 bridgehead atoms. The zero-order valence-corrected chi connectivity index (χ0v) is 18.5. The summed E-state index contributed by atoms with van der Waals surface area (Å²) in [5.74, 6) is 0.00975. The summed E-state index contributed by atoms with van der Waals surface area (Å²) in [6.07, 6.45) is -0.314. The Morgan fingerprint density at radius 1 is 1.24 bits per heavy atom. The number of aliphatic hydroxyl groups excluding tert-OH is 1. The molecule has 13 heteroatoms. The van der Waals surface area contributed by atoms with E-state index in [2.05, 4.69) is 22.2 Å². The topological polar surface area (TPSA) is 179 Å². The molecule has 0 aromatic rings. The van der Waals surface area contributed by atoms with Crippen LogP contribution in [0.25, 0.3) is 0 Å². The van der Waals surface area contributed by atoms with Crippen LogP contribution in [0.3, 0.4) is 0 Å². The fourth-order valence-corrected chi connectivity index (χ4v) is 5.70. The highest BCUT2D eigenvalue weighted by Crippen LogP contribution is 2.41. The van der Waals surface area contributed by atoms with Gasteiger partial charge in [-0.15, -0.1) is 0 Å². The molecule has 6 atom stereocenters. The van der Waals surface area contributed by atoms with Crippen molar-refractivity contribution in [1.82, 2.24) is 20.0 Å². The number of guanidine groups is 2. The number of amides is 3.